The third kappa shape index (κ3) is 6.70. The molecule has 0 saturated heterocycles. The summed E-state index contributed by atoms with van der Waals surface area (Å²) in [5.74, 6) is -0.279. The second-order valence-electron chi connectivity index (χ2n) is 6.66. The van der Waals surface area contributed by atoms with Gasteiger partial charge in [0.2, 0.25) is 5.91 Å². The maximum Gasteiger partial charge on any atom is 0.573 e. The number of ether oxygens (including phenoxy) is 1. The van der Waals surface area contributed by atoms with Crippen LogP contribution in [0.1, 0.15) is 24.0 Å². The van der Waals surface area contributed by atoms with Crippen molar-refractivity contribution in [2.24, 2.45) is 5.92 Å². The maximum absolute atomic E-state index is 12.4. The van der Waals surface area contributed by atoms with Gasteiger partial charge in [-0.25, -0.2) is 4.79 Å². The van der Waals surface area contributed by atoms with Crippen LogP contribution < -0.4 is 20.7 Å². The number of rotatable bonds is 7. The fourth-order valence-electron chi connectivity index (χ4n) is 2.64. The van der Waals surface area contributed by atoms with Gasteiger partial charge < -0.3 is 20.7 Å². The van der Waals surface area contributed by atoms with Gasteiger partial charge in [-0.05, 0) is 36.6 Å². The van der Waals surface area contributed by atoms with Crippen molar-refractivity contribution in [1.82, 2.24) is 10.6 Å². The molecule has 3 amide bonds. The number of alkyl halides is 3. The van der Waals surface area contributed by atoms with E-state index in [1.807, 2.05) is 0 Å². The summed E-state index contributed by atoms with van der Waals surface area (Å²) in [5, 5.41) is 7.96. The molecule has 0 aromatic heterocycles. The van der Waals surface area contributed by atoms with Gasteiger partial charge in [0.1, 0.15) is 5.75 Å². The zero-order valence-electron chi connectivity index (χ0n) is 15.4. The number of anilines is 1. The molecule has 1 aliphatic rings. The molecule has 1 aliphatic carbocycles. The number of amides is 3. The van der Waals surface area contributed by atoms with E-state index >= 15 is 0 Å². The number of halogens is 3. The number of nitrogens with one attached hydrogen (secondary N) is 3. The van der Waals surface area contributed by atoms with E-state index in [2.05, 4.69) is 20.7 Å². The van der Waals surface area contributed by atoms with Crippen molar-refractivity contribution in [3.63, 3.8) is 0 Å². The van der Waals surface area contributed by atoms with E-state index < -0.39 is 12.4 Å². The van der Waals surface area contributed by atoms with Crippen LogP contribution in [0.2, 0.25) is 0 Å². The largest absolute Gasteiger partial charge is 0.573 e. The standard InChI is InChI=1S/C20H20F3N3O3/c21-20(22,23)29-17-7-2-1-5-15(17)12-25-19(28)24-11-13-4-3-6-16(10-13)26-18(27)14-8-9-14/h1-7,10,14H,8-9,11-12H2,(H,26,27)(H2,24,25,28). The first-order valence-corrected chi connectivity index (χ1v) is 9.05. The molecular formula is C20H20F3N3O3. The lowest BCUT2D eigenvalue weighted by molar-refractivity contribution is -0.274. The number of hydrogen-bond acceptors (Lipinski definition) is 3. The van der Waals surface area contributed by atoms with Crippen molar-refractivity contribution < 1.29 is 27.5 Å². The Bertz CT molecular complexity index is 883. The highest BCUT2D eigenvalue weighted by atomic mass is 19.4. The minimum Gasteiger partial charge on any atom is -0.405 e. The molecule has 0 unspecified atom stereocenters. The first kappa shape index (κ1) is 20.5. The zero-order valence-corrected chi connectivity index (χ0v) is 15.4. The second-order valence-corrected chi connectivity index (χ2v) is 6.66. The normalized spacial score (nSPS) is 13.5. The Kier molecular flexibility index (Phi) is 6.26. The van der Waals surface area contributed by atoms with Crippen LogP contribution in [0.4, 0.5) is 23.7 Å². The van der Waals surface area contributed by atoms with E-state index in [1.165, 1.54) is 18.2 Å². The minimum atomic E-state index is -4.81. The lowest BCUT2D eigenvalue weighted by Crippen LogP contribution is -2.34. The first-order chi connectivity index (χ1) is 13.8. The van der Waals surface area contributed by atoms with Crippen molar-refractivity contribution in [3.8, 4) is 5.75 Å². The smallest absolute Gasteiger partial charge is 0.405 e. The summed E-state index contributed by atoms with van der Waals surface area (Å²) in [7, 11) is 0. The minimum absolute atomic E-state index is 0.00686. The molecule has 0 atom stereocenters. The Morgan fingerprint density at radius 2 is 1.72 bits per heavy atom. The molecule has 2 aromatic rings. The van der Waals surface area contributed by atoms with Crippen molar-refractivity contribution in [1.29, 1.82) is 0 Å². The molecule has 0 bridgehead atoms. The summed E-state index contributed by atoms with van der Waals surface area (Å²) in [5.41, 5.74) is 1.62. The second kappa shape index (κ2) is 8.85. The Morgan fingerprint density at radius 1 is 1.00 bits per heavy atom. The third-order valence-electron chi connectivity index (χ3n) is 4.23. The van der Waals surface area contributed by atoms with E-state index in [0.717, 1.165) is 18.4 Å². The molecule has 9 heteroatoms. The van der Waals surface area contributed by atoms with Crippen LogP contribution in [-0.4, -0.2) is 18.3 Å². The quantitative estimate of drug-likeness (QED) is 0.651. The van der Waals surface area contributed by atoms with Gasteiger partial charge in [0.15, 0.2) is 0 Å². The highest BCUT2D eigenvalue weighted by Crippen LogP contribution is 2.30. The van der Waals surface area contributed by atoms with Crippen molar-refractivity contribution in [2.75, 3.05) is 5.32 Å². The fraction of sp³-hybridized carbons (Fsp3) is 0.300. The molecule has 29 heavy (non-hydrogen) atoms. The zero-order chi connectivity index (χ0) is 20.9. The molecule has 3 N–H and O–H groups in total. The summed E-state index contributed by atoms with van der Waals surface area (Å²) in [4.78, 5) is 23.8. The molecule has 3 rings (SSSR count). The van der Waals surface area contributed by atoms with Crippen LogP contribution in [0.15, 0.2) is 48.5 Å². The van der Waals surface area contributed by atoms with Crippen molar-refractivity contribution in [3.05, 3.63) is 59.7 Å². The predicted molar refractivity (Wildman–Crippen MR) is 100.0 cm³/mol. The molecule has 6 nitrogen and oxygen atoms in total. The van der Waals surface area contributed by atoms with Crippen LogP contribution in [-0.2, 0) is 17.9 Å². The van der Waals surface area contributed by atoms with Gasteiger partial charge in [-0.3, -0.25) is 4.79 Å². The lowest BCUT2D eigenvalue weighted by Gasteiger charge is -2.14. The Labute approximate surface area is 165 Å². The third-order valence-corrected chi connectivity index (χ3v) is 4.23. The Morgan fingerprint density at radius 3 is 2.45 bits per heavy atom. The summed E-state index contributed by atoms with van der Waals surface area (Å²) in [6.45, 7) is 0.0647. The molecule has 2 aromatic carbocycles. The number of urea groups is 1. The predicted octanol–water partition coefficient (Wildman–Crippen LogP) is 3.93. The molecule has 0 aliphatic heterocycles. The topological polar surface area (TPSA) is 79.5 Å². The van der Waals surface area contributed by atoms with Gasteiger partial charge in [0, 0.05) is 30.3 Å². The molecule has 1 saturated carbocycles. The highest BCUT2D eigenvalue weighted by molar-refractivity contribution is 5.94. The molecule has 0 heterocycles. The SMILES string of the molecule is O=C(NCc1cccc(NC(=O)C2CC2)c1)NCc1ccccc1OC(F)(F)F. The lowest BCUT2D eigenvalue weighted by atomic mass is 10.2. The van der Waals surface area contributed by atoms with E-state index in [1.54, 1.807) is 30.3 Å². The van der Waals surface area contributed by atoms with Crippen molar-refractivity contribution >= 4 is 17.6 Å². The monoisotopic (exact) mass is 407 g/mol. The summed E-state index contributed by atoms with van der Waals surface area (Å²) in [6, 6.07) is 12.1. The molecule has 0 spiro atoms. The van der Waals surface area contributed by atoms with Gasteiger partial charge in [0.25, 0.3) is 0 Å². The average Bonchev–Trinajstić information content (AvgIpc) is 3.50. The summed E-state index contributed by atoms with van der Waals surface area (Å²) in [6.07, 6.45) is -2.99. The van der Waals surface area contributed by atoms with Crippen LogP contribution >= 0.6 is 0 Å². The number of hydrogen-bond donors (Lipinski definition) is 3. The van der Waals surface area contributed by atoms with Crippen LogP contribution in [0.25, 0.3) is 0 Å². The first-order valence-electron chi connectivity index (χ1n) is 9.05. The molecular weight excluding hydrogens is 387 g/mol. The number of carbonyl (C=O) groups excluding carboxylic acids is 2. The maximum atomic E-state index is 12.4. The van der Waals surface area contributed by atoms with Gasteiger partial charge in [0.05, 0.1) is 0 Å². The number of carbonyl (C=O) groups is 2. The Balaban J connectivity index is 1.49. The van der Waals surface area contributed by atoms with Gasteiger partial charge in [-0.1, -0.05) is 30.3 Å². The Hall–Kier alpha value is -3.23. The summed E-state index contributed by atoms with van der Waals surface area (Å²) < 4.78 is 41.3. The molecule has 1 fully saturated rings. The van der Waals surface area contributed by atoms with E-state index in [0.29, 0.717) is 5.69 Å². The van der Waals surface area contributed by atoms with E-state index in [-0.39, 0.29) is 36.2 Å². The van der Waals surface area contributed by atoms with E-state index in [4.69, 9.17) is 0 Å². The van der Waals surface area contributed by atoms with Crippen LogP contribution in [0.5, 0.6) is 5.75 Å². The van der Waals surface area contributed by atoms with Crippen LogP contribution in [0, 0.1) is 5.92 Å². The number of benzene rings is 2. The summed E-state index contributed by atoms with van der Waals surface area (Å²) >= 11 is 0. The average molecular weight is 407 g/mol. The van der Waals surface area contributed by atoms with Gasteiger partial charge >= 0.3 is 12.4 Å². The number of para-hydroxylation sites is 1. The van der Waals surface area contributed by atoms with Gasteiger partial charge in [-0.2, -0.15) is 0 Å². The van der Waals surface area contributed by atoms with E-state index in [9.17, 15) is 22.8 Å². The fourth-order valence-corrected chi connectivity index (χ4v) is 2.64. The highest BCUT2D eigenvalue weighted by Gasteiger charge is 2.32. The molecule has 0 radical (unpaired) electrons. The van der Waals surface area contributed by atoms with Gasteiger partial charge in [-0.15, -0.1) is 13.2 Å². The molecule has 154 valence electrons. The van der Waals surface area contributed by atoms with Crippen LogP contribution in [0.3, 0.4) is 0 Å². The van der Waals surface area contributed by atoms with Crippen molar-refractivity contribution in [2.45, 2.75) is 32.3 Å².